The topological polar surface area (TPSA) is 78.9 Å². The van der Waals surface area contributed by atoms with E-state index >= 15 is 0 Å². The van der Waals surface area contributed by atoms with Crippen molar-refractivity contribution in [2.24, 2.45) is 0 Å². The second kappa shape index (κ2) is 4.79. The van der Waals surface area contributed by atoms with Gasteiger partial charge in [-0.15, -0.1) is 0 Å². The molecule has 0 fully saturated rings. The van der Waals surface area contributed by atoms with E-state index in [-0.39, 0.29) is 11.5 Å². The number of methoxy groups -OCH3 is 2. The summed E-state index contributed by atoms with van der Waals surface area (Å²) in [6.07, 6.45) is 0. The van der Waals surface area contributed by atoms with Gasteiger partial charge < -0.3 is 18.3 Å². The summed E-state index contributed by atoms with van der Waals surface area (Å²) in [5.41, 5.74) is 0. The van der Waals surface area contributed by atoms with Crippen molar-refractivity contribution in [2.75, 3.05) is 14.2 Å². The van der Waals surface area contributed by atoms with Crippen molar-refractivity contribution in [3.63, 3.8) is 0 Å². The zero-order valence-electron chi connectivity index (χ0n) is 9.76. The van der Waals surface area contributed by atoms with Crippen LogP contribution in [0.25, 0.3) is 11.5 Å². The number of carbonyl (C=O) groups excluding carboxylic acids is 2. The van der Waals surface area contributed by atoms with Crippen LogP contribution in [0.15, 0.2) is 33.1 Å². The molecule has 2 aromatic rings. The first-order valence-corrected chi connectivity index (χ1v) is 5.02. The Morgan fingerprint density at radius 3 is 1.56 bits per heavy atom. The molecule has 6 nitrogen and oxygen atoms in total. The minimum Gasteiger partial charge on any atom is -0.463 e. The van der Waals surface area contributed by atoms with Crippen molar-refractivity contribution in [1.29, 1.82) is 0 Å². The third kappa shape index (κ3) is 2.13. The SMILES string of the molecule is COC(=O)c1ccc(-c2ccc(C(=O)OC)o2)o1. The van der Waals surface area contributed by atoms with Crippen LogP contribution in [-0.2, 0) is 9.47 Å². The molecule has 0 amide bonds. The lowest BCUT2D eigenvalue weighted by molar-refractivity contribution is 0.0554. The summed E-state index contributed by atoms with van der Waals surface area (Å²) in [7, 11) is 2.51. The molecule has 0 aromatic carbocycles. The first kappa shape index (κ1) is 12.0. The van der Waals surface area contributed by atoms with Crippen LogP contribution in [0.4, 0.5) is 0 Å². The molecule has 0 atom stereocenters. The minimum atomic E-state index is -0.582. The first-order chi connectivity index (χ1) is 8.65. The van der Waals surface area contributed by atoms with E-state index in [2.05, 4.69) is 9.47 Å². The van der Waals surface area contributed by atoms with Gasteiger partial charge in [-0.25, -0.2) is 9.59 Å². The van der Waals surface area contributed by atoms with E-state index in [9.17, 15) is 9.59 Å². The van der Waals surface area contributed by atoms with Crippen LogP contribution in [0.2, 0.25) is 0 Å². The molecule has 0 aliphatic carbocycles. The fourth-order valence-electron chi connectivity index (χ4n) is 1.36. The van der Waals surface area contributed by atoms with Gasteiger partial charge >= 0.3 is 11.9 Å². The van der Waals surface area contributed by atoms with Gasteiger partial charge in [0.25, 0.3) is 0 Å². The molecule has 18 heavy (non-hydrogen) atoms. The summed E-state index contributed by atoms with van der Waals surface area (Å²) in [6.45, 7) is 0. The number of hydrogen-bond donors (Lipinski definition) is 0. The highest BCUT2D eigenvalue weighted by Crippen LogP contribution is 2.25. The van der Waals surface area contributed by atoms with E-state index in [1.54, 1.807) is 12.1 Å². The van der Waals surface area contributed by atoms with Gasteiger partial charge in [0.15, 0.2) is 11.5 Å². The number of ether oxygens (including phenoxy) is 2. The van der Waals surface area contributed by atoms with Gasteiger partial charge in [0.1, 0.15) is 0 Å². The second-order valence-electron chi connectivity index (χ2n) is 3.31. The number of carbonyl (C=O) groups is 2. The van der Waals surface area contributed by atoms with Crippen LogP contribution in [0, 0.1) is 0 Å². The lowest BCUT2D eigenvalue weighted by atomic mass is 10.3. The smallest absolute Gasteiger partial charge is 0.373 e. The van der Waals surface area contributed by atoms with Gasteiger partial charge in [0.2, 0.25) is 11.5 Å². The Balaban J connectivity index is 2.26. The first-order valence-electron chi connectivity index (χ1n) is 5.02. The zero-order valence-corrected chi connectivity index (χ0v) is 9.76. The molecule has 0 radical (unpaired) electrons. The van der Waals surface area contributed by atoms with Crippen LogP contribution >= 0.6 is 0 Å². The summed E-state index contributed by atoms with van der Waals surface area (Å²) in [5, 5.41) is 0. The number of esters is 2. The van der Waals surface area contributed by atoms with E-state index in [0.717, 1.165) is 0 Å². The van der Waals surface area contributed by atoms with E-state index in [0.29, 0.717) is 11.5 Å². The third-order valence-corrected chi connectivity index (χ3v) is 2.23. The van der Waals surface area contributed by atoms with Gasteiger partial charge in [-0.2, -0.15) is 0 Å². The average molecular weight is 250 g/mol. The second-order valence-corrected chi connectivity index (χ2v) is 3.31. The zero-order chi connectivity index (χ0) is 13.1. The molecule has 2 heterocycles. The summed E-state index contributed by atoms with van der Waals surface area (Å²) in [4.78, 5) is 22.4. The molecule has 0 aliphatic rings. The van der Waals surface area contributed by atoms with Crippen molar-refractivity contribution >= 4 is 11.9 Å². The van der Waals surface area contributed by atoms with Crippen LogP contribution in [0.1, 0.15) is 21.1 Å². The molecule has 94 valence electrons. The monoisotopic (exact) mass is 250 g/mol. The number of rotatable bonds is 3. The summed E-state index contributed by atoms with van der Waals surface area (Å²) in [6, 6.07) is 6.02. The largest absolute Gasteiger partial charge is 0.463 e. The highest BCUT2D eigenvalue weighted by atomic mass is 16.5. The van der Waals surface area contributed by atoms with E-state index in [1.165, 1.54) is 26.4 Å². The molecule has 0 spiro atoms. The van der Waals surface area contributed by atoms with E-state index in [1.807, 2.05) is 0 Å². The van der Waals surface area contributed by atoms with Crippen molar-refractivity contribution in [3.05, 3.63) is 35.8 Å². The van der Waals surface area contributed by atoms with E-state index < -0.39 is 11.9 Å². The molecule has 0 saturated heterocycles. The molecule has 2 rings (SSSR count). The van der Waals surface area contributed by atoms with Crippen LogP contribution in [0.3, 0.4) is 0 Å². The Hall–Kier alpha value is -2.50. The Morgan fingerprint density at radius 2 is 1.22 bits per heavy atom. The molecule has 0 N–H and O–H groups in total. The van der Waals surface area contributed by atoms with E-state index in [4.69, 9.17) is 8.83 Å². The van der Waals surface area contributed by atoms with Crippen molar-refractivity contribution in [1.82, 2.24) is 0 Å². The molecule has 2 aromatic heterocycles. The quantitative estimate of drug-likeness (QED) is 0.776. The van der Waals surface area contributed by atoms with Gasteiger partial charge in [0.05, 0.1) is 14.2 Å². The van der Waals surface area contributed by atoms with Crippen molar-refractivity contribution in [3.8, 4) is 11.5 Å². The fraction of sp³-hybridized carbons (Fsp3) is 0.167. The molecular weight excluding hydrogens is 240 g/mol. The maximum Gasteiger partial charge on any atom is 0.373 e. The number of hydrogen-bond acceptors (Lipinski definition) is 6. The Kier molecular flexibility index (Phi) is 3.18. The maximum absolute atomic E-state index is 11.2. The molecule has 0 bridgehead atoms. The normalized spacial score (nSPS) is 10.1. The molecule has 6 heteroatoms. The predicted octanol–water partition coefficient (Wildman–Crippen LogP) is 2.11. The summed E-state index contributed by atoms with van der Waals surface area (Å²) >= 11 is 0. The van der Waals surface area contributed by atoms with Gasteiger partial charge in [-0.1, -0.05) is 0 Å². The molecule has 0 unspecified atom stereocenters. The molecule has 0 aliphatic heterocycles. The average Bonchev–Trinajstić information content (AvgIpc) is 3.04. The Bertz CT molecular complexity index is 525. The fourth-order valence-corrected chi connectivity index (χ4v) is 1.36. The van der Waals surface area contributed by atoms with Crippen LogP contribution in [0.5, 0.6) is 0 Å². The summed E-state index contributed by atoms with van der Waals surface area (Å²) in [5.74, 6) is -0.398. The van der Waals surface area contributed by atoms with Crippen molar-refractivity contribution < 1.29 is 27.9 Å². The van der Waals surface area contributed by atoms with Crippen LogP contribution in [-0.4, -0.2) is 26.2 Å². The summed E-state index contributed by atoms with van der Waals surface area (Å²) < 4.78 is 19.5. The highest BCUT2D eigenvalue weighted by molar-refractivity contribution is 5.88. The Labute approximate surface area is 102 Å². The van der Waals surface area contributed by atoms with Crippen molar-refractivity contribution in [2.45, 2.75) is 0 Å². The Morgan fingerprint density at radius 1 is 0.833 bits per heavy atom. The lowest BCUT2D eigenvalue weighted by Crippen LogP contribution is -1.98. The van der Waals surface area contributed by atoms with Gasteiger partial charge in [-0.3, -0.25) is 0 Å². The third-order valence-electron chi connectivity index (χ3n) is 2.23. The lowest BCUT2D eigenvalue weighted by Gasteiger charge is -1.94. The van der Waals surface area contributed by atoms with Gasteiger partial charge in [0, 0.05) is 0 Å². The maximum atomic E-state index is 11.2. The molecule has 0 saturated carbocycles. The predicted molar refractivity (Wildman–Crippen MR) is 59.1 cm³/mol. The van der Waals surface area contributed by atoms with Gasteiger partial charge in [-0.05, 0) is 24.3 Å². The van der Waals surface area contributed by atoms with Crippen LogP contribution < -0.4 is 0 Å². The highest BCUT2D eigenvalue weighted by Gasteiger charge is 2.17. The number of furan rings is 2. The minimum absolute atomic E-state index is 0.0588. The standard InChI is InChI=1S/C12H10O6/c1-15-11(13)9-5-3-7(17-9)8-4-6-10(18-8)12(14)16-2/h3-6H,1-2H3. The molecular formula is C12H10O6.